The van der Waals surface area contributed by atoms with Crippen molar-refractivity contribution in [3.63, 3.8) is 0 Å². The van der Waals surface area contributed by atoms with Gasteiger partial charge in [-0.3, -0.25) is 4.79 Å². The van der Waals surface area contributed by atoms with Crippen LogP contribution in [0, 0.1) is 5.92 Å². The summed E-state index contributed by atoms with van der Waals surface area (Å²) in [5.74, 6) is 2.69. The van der Waals surface area contributed by atoms with Crippen LogP contribution >= 0.6 is 0 Å². The quantitative estimate of drug-likeness (QED) is 0.772. The molecule has 1 aliphatic carbocycles. The van der Waals surface area contributed by atoms with Gasteiger partial charge >= 0.3 is 0 Å². The van der Waals surface area contributed by atoms with Gasteiger partial charge in [-0.25, -0.2) is 0 Å². The topological polar surface area (TPSA) is 48.0 Å². The summed E-state index contributed by atoms with van der Waals surface area (Å²) >= 11 is 0. The molecular formula is C25H29NO4. The Bertz CT molecular complexity index is 973. The Balaban J connectivity index is 1.41. The zero-order chi connectivity index (χ0) is 20.9. The molecule has 0 spiro atoms. The molecule has 0 unspecified atom stereocenters. The summed E-state index contributed by atoms with van der Waals surface area (Å²) in [6.45, 7) is 8.32. The highest BCUT2D eigenvalue weighted by atomic mass is 16.6. The van der Waals surface area contributed by atoms with Gasteiger partial charge in [0, 0.05) is 12.6 Å². The first-order chi connectivity index (χ1) is 14.5. The third-order valence-corrected chi connectivity index (χ3v) is 7.36. The van der Waals surface area contributed by atoms with Crippen molar-refractivity contribution in [3.05, 3.63) is 53.6 Å². The molecule has 5 nitrogen and oxygen atoms in total. The van der Waals surface area contributed by atoms with E-state index in [0.717, 1.165) is 25.1 Å². The first kappa shape index (κ1) is 19.3. The van der Waals surface area contributed by atoms with E-state index in [0.29, 0.717) is 24.0 Å². The standard InChI is InChI=1S/C25H29NO4/c1-4-28-18-10-9-17-13-20-16(2)25(3,19(17)14-18)11-12-26(20)24(27)23-15-29-21-7-5-6-8-22(21)30-23/h5-10,14,16,20,23H,4,11-13,15H2,1-3H3/t16-,20+,23-,25+/m0/s1. The average Bonchev–Trinajstić information content (AvgIpc) is 2.76. The fourth-order valence-electron chi connectivity index (χ4n) is 5.45. The lowest BCUT2D eigenvalue weighted by Crippen LogP contribution is -2.62. The minimum Gasteiger partial charge on any atom is -0.494 e. The lowest BCUT2D eigenvalue weighted by molar-refractivity contribution is -0.148. The van der Waals surface area contributed by atoms with Crippen LogP contribution in [0.25, 0.3) is 0 Å². The lowest BCUT2D eigenvalue weighted by Gasteiger charge is -2.55. The number of rotatable bonds is 3. The lowest BCUT2D eigenvalue weighted by atomic mass is 9.59. The molecule has 3 aliphatic rings. The fraction of sp³-hybridized carbons (Fsp3) is 0.480. The van der Waals surface area contributed by atoms with Gasteiger partial charge in [-0.2, -0.15) is 0 Å². The number of amides is 1. The van der Waals surface area contributed by atoms with Crippen LogP contribution in [0.15, 0.2) is 42.5 Å². The van der Waals surface area contributed by atoms with Gasteiger partial charge in [-0.1, -0.05) is 32.0 Å². The Morgan fingerprint density at radius 2 is 2.03 bits per heavy atom. The van der Waals surface area contributed by atoms with Gasteiger partial charge in [-0.05, 0) is 66.5 Å². The van der Waals surface area contributed by atoms with Gasteiger partial charge in [0.05, 0.1) is 6.61 Å². The Kier molecular flexibility index (Phi) is 4.64. The minimum atomic E-state index is -0.585. The third kappa shape index (κ3) is 2.94. The summed E-state index contributed by atoms with van der Waals surface area (Å²) in [5.41, 5.74) is 2.75. The maximum atomic E-state index is 13.5. The summed E-state index contributed by atoms with van der Waals surface area (Å²) in [6.07, 6.45) is 1.22. The highest BCUT2D eigenvalue weighted by Gasteiger charge is 2.51. The van der Waals surface area contributed by atoms with Crippen LogP contribution in [0.5, 0.6) is 17.2 Å². The molecule has 5 heteroatoms. The summed E-state index contributed by atoms with van der Waals surface area (Å²) in [7, 11) is 0. The van der Waals surface area contributed by atoms with E-state index in [1.807, 2.05) is 36.1 Å². The number of fused-ring (bicyclic) bond motifs is 5. The van der Waals surface area contributed by atoms with Crippen molar-refractivity contribution in [2.24, 2.45) is 5.92 Å². The molecule has 158 valence electrons. The van der Waals surface area contributed by atoms with Crippen molar-refractivity contribution >= 4 is 5.91 Å². The number of likely N-dealkylation sites (tertiary alicyclic amines) is 1. The maximum Gasteiger partial charge on any atom is 0.267 e. The van der Waals surface area contributed by atoms with Gasteiger partial charge in [0.1, 0.15) is 12.4 Å². The third-order valence-electron chi connectivity index (χ3n) is 7.36. The van der Waals surface area contributed by atoms with Crippen LogP contribution in [0.2, 0.25) is 0 Å². The molecule has 0 radical (unpaired) electrons. The number of carbonyl (C=O) groups excluding carboxylic acids is 1. The zero-order valence-electron chi connectivity index (χ0n) is 17.9. The molecule has 0 saturated carbocycles. The molecule has 0 N–H and O–H groups in total. The van der Waals surface area contributed by atoms with E-state index in [9.17, 15) is 4.79 Å². The van der Waals surface area contributed by atoms with Crippen molar-refractivity contribution < 1.29 is 19.0 Å². The van der Waals surface area contributed by atoms with Crippen molar-refractivity contribution in [3.8, 4) is 17.2 Å². The summed E-state index contributed by atoms with van der Waals surface area (Å²) in [4.78, 5) is 15.5. The van der Waals surface area contributed by atoms with Crippen molar-refractivity contribution in [2.75, 3.05) is 19.8 Å². The molecule has 1 amide bonds. The number of para-hydroxylation sites is 2. The highest BCUT2D eigenvalue weighted by Crippen LogP contribution is 2.49. The van der Waals surface area contributed by atoms with E-state index in [1.54, 1.807) is 0 Å². The van der Waals surface area contributed by atoms with E-state index in [-0.39, 0.29) is 24.0 Å². The Morgan fingerprint density at radius 3 is 2.83 bits per heavy atom. The molecule has 2 bridgehead atoms. The van der Waals surface area contributed by atoms with Gasteiger partial charge in [0.2, 0.25) is 6.10 Å². The normalized spacial score (nSPS) is 29.2. The van der Waals surface area contributed by atoms with E-state index >= 15 is 0 Å². The number of nitrogens with zero attached hydrogens (tertiary/aromatic N) is 1. The Morgan fingerprint density at radius 1 is 1.23 bits per heavy atom. The second kappa shape index (κ2) is 7.22. The van der Waals surface area contributed by atoms with E-state index < -0.39 is 6.10 Å². The van der Waals surface area contributed by atoms with E-state index in [1.165, 1.54) is 11.1 Å². The number of benzene rings is 2. The van der Waals surface area contributed by atoms with Crippen LogP contribution < -0.4 is 14.2 Å². The molecule has 1 saturated heterocycles. The first-order valence-electron chi connectivity index (χ1n) is 11.0. The van der Waals surface area contributed by atoms with Gasteiger partial charge < -0.3 is 19.1 Å². The van der Waals surface area contributed by atoms with Crippen LogP contribution in [0.3, 0.4) is 0 Å². The average molecular weight is 408 g/mol. The van der Waals surface area contributed by atoms with E-state index in [4.69, 9.17) is 14.2 Å². The maximum absolute atomic E-state index is 13.5. The molecular weight excluding hydrogens is 378 g/mol. The van der Waals surface area contributed by atoms with Crippen LogP contribution in [-0.4, -0.2) is 42.7 Å². The Labute approximate surface area is 177 Å². The van der Waals surface area contributed by atoms with Gasteiger partial charge in [0.25, 0.3) is 5.91 Å². The second-order valence-corrected chi connectivity index (χ2v) is 8.88. The summed E-state index contributed by atoms with van der Waals surface area (Å²) < 4.78 is 17.6. The number of carbonyl (C=O) groups is 1. The molecule has 2 aliphatic heterocycles. The SMILES string of the molecule is CCOc1ccc2c(c1)[C@]1(C)CCN(C(=O)[C@@H]3COc4ccccc4O3)[C@H](C2)[C@@H]1C. The summed E-state index contributed by atoms with van der Waals surface area (Å²) in [6, 6.07) is 14.2. The molecule has 30 heavy (non-hydrogen) atoms. The molecule has 5 rings (SSSR count). The van der Waals surface area contributed by atoms with E-state index in [2.05, 4.69) is 32.0 Å². The molecule has 1 fully saturated rings. The fourth-order valence-corrected chi connectivity index (χ4v) is 5.45. The molecule has 4 atom stereocenters. The minimum absolute atomic E-state index is 0.0396. The second-order valence-electron chi connectivity index (χ2n) is 8.88. The number of hydrogen-bond donors (Lipinski definition) is 0. The van der Waals surface area contributed by atoms with Gasteiger partial charge in [0.15, 0.2) is 11.5 Å². The van der Waals surface area contributed by atoms with Crippen molar-refractivity contribution in [1.82, 2.24) is 4.90 Å². The number of ether oxygens (including phenoxy) is 3. The van der Waals surface area contributed by atoms with Crippen molar-refractivity contribution in [1.29, 1.82) is 0 Å². The first-order valence-corrected chi connectivity index (χ1v) is 11.0. The Hall–Kier alpha value is -2.69. The van der Waals surface area contributed by atoms with Crippen LogP contribution in [-0.2, 0) is 16.6 Å². The number of piperidine rings is 1. The largest absolute Gasteiger partial charge is 0.494 e. The predicted molar refractivity (Wildman–Crippen MR) is 114 cm³/mol. The summed E-state index contributed by atoms with van der Waals surface area (Å²) in [5, 5.41) is 0. The van der Waals surface area contributed by atoms with Gasteiger partial charge in [-0.15, -0.1) is 0 Å². The molecule has 2 aromatic rings. The molecule has 0 aromatic heterocycles. The van der Waals surface area contributed by atoms with Crippen LogP contribution in [0.4, 0.5) is 0 Å². The zero-order valence-corrected chi connectivity index (χ0v) is 17.9. The number of hydrogen-bond acceptors (Lipinski definition) is 4. The van der Waals surface area contributed by atoms with Crippen LogP contribution in [0.1, 0.15) is 38.3 Å². The smallest absolute Gasteiger partial charge is 0.267 e. The molecule has 2 heterocycles. The molecule has 2 aromatic carbocycles. The van der Waals surface area contributed by atoms with Crippen molar-refractivity contribution in [2.45, 2.75) is 51.2 Å². The predicted octanol–water partition coefficient (Wildman–Crippen LogP) is 3.98. The highest BCUT2D eigenvalue weighted by molar-refractivity contribution is 5.82. The monoisotopic (exact) mass is 407 g/mol.